The third kappa shape index (κ3) is 2.87. The molecule has 14 heavy (non-hydrogen) atoms. The lowest BCUT2D eigenvalue weighted by Gasteiger charge is -2.13. The maximum Gasteiger partial charge on any atom is 0.133 e. The van der Waals surface area contributed by atoms with Crippen LogP contribution in [0.2, 0.25) is 0 Å². The standard InChI is InChI=1S/C10H12BrNO.ClH/c11-9-3-1-2-4-10(9)13-8-5-6-12-7-8;/h1-4,8,12H,5-7H2;1H/t8-;/m0./s1. The maximum absolute atomic E-state index is 5.80. The van der Waals surface area contributed by atoms with Crippen LogP contribution in [0.4, 0.5) is 0 Å². The number of nitrogens with one attached hydrogen (secondary N) is 1. The lowest BCUT2D eigenvalue weighted by molar-refractivity contribution is 0.221. The van der Waals surface area contributed by atoms with Crippen molar-refractivity contribution in [2.24, 2.45) is 0 Å². The Labute approximate surface area is 98.6 Å². The Bertz CT molecular complexity index is 289. The molecule has 1 aliphatic heterocycles. The zero-order valence-electron chi connectivity index (χ0n) is 7.70. The summed E-state index contributed by atoms with van der Waals surface area (Å²) in [6.07, 6.45) is 1.43. The van der Waals surface area contributed by atoms with Crippen LogP contribution in [-0.4, -0.2) is 19.2 Å². The molecular weight excluding hydrogens is 265 g/mol. The zero-order chi connectivity index (χ0) is 9.10. The lowest BCUT2D eigenvalue weighted by atomic mass is 10.3. The van der Waals surface area contributed by atoms with Gasteiger partial charge >= 0.3 is 0 Å². The van der Waals surface area contributed by atoms with Crippen LogP contribution in [0.15, 0.2) is 28.7 Å². The number of hydrogen-bond donors (Lipinski definition) is 1. The minimum atomic E-state index is 0. The van der Waals surface area contributed by atoms with Gasteiger partial charge in [-0.05, 0) is 41.0 Å². The third-order valence-corrected chi connectivity index (χ3v) is 2.80. The molecule has 0 aliphatic carbocycles. The number of hydrogen-bond acceptors (Lipinski definition) is 2. The summed E-state index contributed by atoms with van der Waals surface area (Å²) < 4.78 is 6.83. The number of rotatable bonds is 2. The van der Waals surface area contributed by atoms with E-state index in [0.29, 0.717) is 6.10 Å². The van der Waals surface area contributed by atoms with E-state index in [1.165, 1.54) is 0 Å². The molecule has 0 bridgehead atoms. The van der Waals surface area contributed by atoms with Gasteiger partial charge in [0.05, 0.1) is 4.47 Å². The van der Waals surface area contributed by atoms with E-state index in [1.807, 2.05) is 24.3 Å². The van der Waals surface area contributed by atoms with Crippen LogP contribution in [0.3, 0.4) is 0 Å². The monoisotopic (exact) mass is 277 g/mol. The molecule has 2 rings (SSSR count). The average Bonchev–Trinajstić information content (AvgIpc) is 2.61. The average molecular weight is 279 g/mol. The molecule has 0 amide bonds. The van der Waals surface area contributed by atoms with Gasteiger partial charge in [0.1, 0.15) is 11.9 Å². The normalized spacial score (nSPS) is 20.2. The van der Waals surface area contributed by atoms with Crippen LogP contribution < -0.4 is 10.1 Å². The van der Waals surface area contributed by atoms with E-state index >= 15 is 0 Å². The van der Waals surface area contributed by atoms with Crippen molar-refractivity contribution in [1.29, 1.82) is 0 Å². The van der Waals surface area contributed by atoms with Crippen LogP contribution in [0.1, 0.15) is 6.42 Å². The summed E-state index contributed by atoms with van der Waals surface area (Å²) in [7, 11) is 0. The van der Waals surface area contributed by atoms with Gasteiger partial charge < -0.3 is 10.1 Å². The van der Waals surface area contributed by atoms with Gasteiger partial charge in [-0.2, -0.15) is 0 Å². The molecule has 1 aromatic rings. The quantitative estimate of drug-likeness (QED) is 0.898. The predicted octanol–water partition coefficient (Wildman–Crippen LogP) is 2.61. The molecule has 1 saturated heterocycles. The first-order chi connectivity index (χ1) is 6.36. The van der Waals surface area contributed by atoms with Gasteiger partial charge in [-0.3, -0.25) is 0 Å². The number of para-hydroxylation sites is 1. The zero-order valence-corrected chi connectivity index (χ0v) is 10.1. The van der Waals surface area contributed by atoms with Gasteiger partial charge in [-0.15, -0.1) is 12.4 Å². The number of ether oxygens (including phenoxy) is 1. The van der Waals surface area contributed by atoms with Crippen molar-refractivity contribution in [3.05, 3.63) is 28.7 Å². The van der Waals surface area contributed by atoms with Gasteiger partial charge in [-0.25, -0.2) is 0 Å². The Morgan fingerprint density at radius 1 is 1.36 bits per heavy atom. The molecule has 78 valence electrons. The first-order valence-electron chi connectivity index (χ1n) is 4.48. The summed E-state index contributed by atoms with van der Waals surface area (Å²) in [6.45, 7) is 2.02. The van der Waals surface area contributed by atoms with Crippen molar-refractivity contribution in [3.63, 3.8) is 0 Å². The molecule has 1 aromatic carbocycles. The highest BCUT2D eigenvalue weighted by molar-refractivity contribution is 9.10. The van der Waals surface area contributed by atoms with Crippen LogP contribution in [0, 0.1) is 0 Å². The first-order valence-corrected chi connectivity index (χ1v) is 5.27. The van der Waals surface area contributed by atoms with Crippen LogP contribution in [0.5, 0.6) is 5.75 Å². The Balaban J connectivity index is 0.000000980. The predicted molar refractivity (Wildman–Crippen MR) is 63.3 cm³/mol. The molecule has 0 saturated carbocycles. The Morgan fingerprint density at radius 2 is 2.14 bits per heavy atom. The molecule has 0 spiro atoms. The van der Waals surface area contributed by atoms with E-state index < -0.39 is 0 Å². The fraction of sp³-hybridized carbons (Fsp3) is 0.400. The van der Waals surface area contributed by atoms with E-state index in [9.17, 15) is 0 Å². The molecular formula is C10H13BrClNO. The number of benzene rings is 1. The van der Waals surface area contributed by atoms with E-state index in [4.69, 9.17) is 4.74 Å². The Hall–Kier alpha value is -0.250. The highest BCUT2D eigenvalue weighted by atomic mass is 79.9. The summed E-state index contributed by atoms with van der Waals surface area (Å²) in [5.41, 5.74) is 0. The molecule has 1 aliphatic rings. The molecule has 2 nitrogen and oxygen atoms in total. The van der Waals surface area contributed by atoms with Gasteiger partial charge in [0, 0.05) is 6.54 Å². The van der Waals surface area contributed by atoms with E-state index in [-0.39, 0.29) is 12.4 Å². The topological polar surface area (TPSA) is 21.3 Å². The Morgan fingerprint density at radius 3 is 2.79 bits per heavy atom. The van der Waals surface area contributed by atoms with Crippen molar-refractivity contribution in [2.75, 3.05) is 13.1 Å². The minimum Gasteiger partial charge on any atom is -0.488 e. The van der Waals surface area contributed by atoms with Crippen molar-refractivity contribution >= 4 is 28.3 Å². The van der Waals surface area contributed by atoms with E-state index in [2.05, 4.69) is 21.2 Å². The molecule has 4 heteroatoms. The largest absolute Gasteiger partial charge is 0.488 e. The Kier molecular flexibility index (Phi) is 4.72. The van der Waals surface area contributed by atoms with Gasteiger partial charge in [0.15, 0.2) is 0 Å². The van der Waals surface area contributed by atoms with E-state index in [1.54, 1.807) is 0 Å². The second-order valence-corrected chi connectivity index (χ2v) is 4.02. The fourth-order valence-corrected chi connectivity index (χ4v) is 1.83. The fourth-order valence-electron chi connectivity index (χ4n) is 1.45. The molecule has 1 atom stereocenters. The minimum absolute atomic E-state index is 0. The lowest BCUT2D eigenvalue weighted by Crippen LogP contribution is -2.19. The van der Waals surface area contributed by atoms with Crippen LogP contribution >= 0.6 is 28.3 Å². The van der Waals surface area contributed by atoms with Crippen LogP contribution in [-0.2, 0) is 0 Å². The van der Waals surface area contributed by atoms with Gasteiger partial charge in [0.25, 0.3) is 0 Å². The maximum atomic E-state index is 5.80. The van der Waals surface area contributed by atoms with Crippen molar-refractivity contribution in [2.45, 2.75) is 12.5 Å². The summed E-state index contributed by atoms with van der Waals surface area (Å²) in [5, 5.41) is 3.27. The summed E-state index contributed by atoms with van der Waals surface area (Å²) in [5.74, 6) is 0.941. The molecule has 1 N–H and O–H groups in total. The number of halogens is 2. The highest BCUT2D eigenvalue weighted by Crippen LogP contribution is 2.25. The third-order valence-electron chi connectivity index (χ3n) is 2.15. The molecule has 0 unspecified atom stereocenters. The molecule has 0 radical (unpaired) electrons. The molecule has 0 aromatic heterocycles. The molecule has 1 heterocycles. The van der Waals surface area contributed by atoms with Gasteiger partial charge in [-0.1, -0.05) is 12.1 Å². The second-order valence-electron chi connectivity index (χ2n) is 3.16. The summed E-state index contributed by atoms with van der Waals surface area (Å²) in [4.78, 5) is 0. The highest BCUT2D eigenvalue weighted by Gasteiger charge is 2.16. The second kappa shape index (κ2) is 5.59. The van der Waals surface area contributed by atoms with Crippen molar-refractivity contribution in [1.82, 2.24) is 5.32 Å². The SMILES string of the molecule is Brc1ccccc1O[C@H]1CCNC1.Cl. The molecule has 1 fully saturated rings. The summed E-state index contributed by atoms with van der Waals surface area (Å²) >= 11 is 3.46. The smallest absolute Gasteiger partial charge is 0.133 e. The van der Waals surface area contributed by atoms with Crippen molar-refractivity contribution < 1.29 is 4.74 Å². The first kappa shape index (κ1) is 11.8. The van der Waals surface area contributed by atoms with Crippen molar-refractivity contribution in [3.8, 4) is 5.75 Å². The van der Waals surface area contributed by atoms with E-state index in [0.717, 1.165) is 29.7 Å². The summed E-state index contributed by atoms with van der Waals surface area (Å²) in [6, 6.07) is 7.96. The van der Waals surface area contributed by atoms with Crippen LogP contribution in [0.25, 0.3) is 0 Å². The van der Waals surface area contributed by atoms with Gasteiger partial charge in [0.2, 0.25) is 0 Å².